The van der Waals surface area contributed by atoms with Gasteiger partial charge in [0.1, 0.15) is 0 Å². The second-order valence-electron chi connectivity index (χ2n) is 5.23. The number of para-hydroxylation sites is 3. The third-order valence-corrected chi connectivity index (χ3v) is 3.68. The number of hydrogen-bond acceptors (Lipinski definition) is 3. The van der Waals surface area contributed by atoms with Gasteiger partial charge in [-0.3, -0.25) is 9.98 Å². The van der Waals surface area contributed by atoms with Crippen molar-refractivity contribution in [3.8, 4) is 0 Å². The Labute approximate surface area is 128 Å². The minimum atomic E-state index is -0.122. The Bertz CT molecular complexity index is 864. The average molecular weight is 285 g/mol. The largest absolute Gasteiger partial charge is 0.356 e. The monoisotopic (exact) mass is 285 g/mol. The van der Waals surface area contributed by atoms with Gasteiger partial charge in [0.05, 0.1) is 10.7 Å². The molecule has 0 unspecified atom stereocenters. The third-order valence-electron chi connectivity index (χ3n) is 3.68. The van der Waals surface area contributed by atoms with Gasteiger partial charge in [-0.25, -0.2) is 0 Å². The number of benzene rings is 3. The van der Waals surface area contributed by atoms with Crippen molar-refractivity contribution in [1.29, 1.82) is 0 Å². The average Bonchev–Trinajstić information content (AvgIpc) is 3.00. The van der Waals surface area contributed by atoms with Crippen LogP contribution in [0.4, 0.5) is 11.4 Å². The molecule has 0 aliphatic carbocycles. The summed E-state index contributed by atoms with van der Waals surface area (Å²) in [5.74, 6) is 0. The molecule has 0 saturated carbocycles. The van der Waals surface area contributed by atoms with E-state index < -0.39 is 0 Å². The summed E-state index contributed by atoms with van der Waals surface area (Å²) in [7, 11) is 0. The Morgan fingerprint density at radius 2 is 1.14 bits per heavy atom. The zero-order valence-corrected chi connectivity index (χ0v) is 12.0. The molecule has 3 nitrogen and oxygen atoms in total. The molecule has 0 spiro atoms. The van der Waals surface area contributed by atoms with E-state index in [1.165, 1.54) is 0 Å². The molecule has 1 aliphatic rings. The lowest BCUT2D eigenvalue weighted by atomic mass is 10.1. The second-order valence-corrected chi connectivity index (χ2v) is 5.23. The van der Waals surface area contributed by atoms with Crippen LogP contribution in [-0.2, 0) is 0 Å². The van der Waals surface area contributed by atoms with Gasteiger partial charge in [0.2, 0.25) is 0 Å². The van der Waals surface area contributed by atoms with Crippen LogP contribution in [0.3, 0.4) is 0 Å². The van der Waals surface area contributed by atoms with Crippen molar-refractivity contribution >= 4 is 11.4 Å². The summed E-state index contributed by atoms with van der Waals surface area (Å²) in [6, 6.07) is 26.4. The molecule has 22 heavy (non-hydrogen) atoms. The maximum Gasteiger partial charge on any atom is 0.166 e. The van der Waals surface area contributed by atoms with E-state index in [4.69, 9.17) is 0 Å². The van der Waals surface area contributed by atoms with E-state index in [2.05, 4.69) is 39.6 Å². The van der Waals surface area contributed by atoms with Gasteiger partial charge < -0.3 is 5.32 Å². The number of nitrogens with one attached hydrogen (secondary N) is 1. The predicted molar refractivity (Wildman–Crippen MR) is 87.7 cm³/mol. The quantitative estimate of drug-likeness (QED) is 0.787. The fourth-order valence-corrected chi connectivity index (χ4v) is 2.55. The number of hydrogen-bond donors (Lipinski definition) is 1. The molecule has 0 fully saturated rings. The molecule has 4 rings (SSSR count). The molecule has 0 saturated heterocycles. The van der Waals surface area contributed by atoms with Crippen LogP contribution in [0.2, 0.25) is 0 Å². The maximum atomic E-state index is 4.65. The summed E-state index contributed by atoms with van der Waals surface area (Å²) in [4.78, 5) is 9.30. The Morgan fingerprint density at radius 3 is 1.77 bits per heavy atom. The van der Waals surface area contributed by atoms with Crippen molar-refractivity contribution in [3.05, 3.63) is 95.1 Å². The van der Waals surface area contributed by atoms with E-state index in [1.807, 2.05) is 54.6 Å². The summed E-state index contributed by atoms with van der Waals surface area (Å²) in [6.45, 7) is 0. The highest BCUT2D eigenvalue weighted by atomic mass is 15.0. The van der Waals surface area contributed by atoms with E-state index in [0.717, 1.165) is 27.7 Å². The van der Waals surface area contributed by atoms with Gasteiger partial charge >= 0.3 is 0 Å². The standard InChI is InChI=1S/C19H15N3/c1-2-6-15(7-3-1)20-16-12-10-14(11-13-16)19-21-17-8-4-5-9-18(17)22-19/h1-13,19-20H. The summed E-state index contributed by atoms with van der Waals surface area (Å²) in [6.07, 6.45) is -0.122. The summed E-state index contributed by atoms with van der Waals surface area (Å²) < 4.78 is 0. The maximum absolute atomic E-state index is 4.65. The van der Waals surface area contributed by atoms with E-state index >= 15 is 0 Å². The van der Waals surface area contributed by atoms with Crippen molar-refractivity contribution in [1.82, 2.24) is 0 Å². The molecule has 1 heterocycles. The zero-order chi connectivity index (χ0) is 14.8. The van der Waals surface area contributed by atoms with Gasteiger partial charge in [0.25, 0.3) is 0 Å². The molecular formula is C19H15N3. The highest BCUT2D eigenvalue weighted by Gasteiger charge is 2.11. The highest BCUT2D eigenvalue weighted by molar-refractivity contribution is 5.59. The number of anilines is 2. The molecule has 3 aromatic carbocycles. The van der Waals surface area contributed by atoms with Crippen LogP contribution < -0.4 is 16.0 Å². The fraction of sp³-hybridized carbons (Fsp3) is 0.0526. The zero-order valence-electron chi connectivity index (χ0n) is 12.0. The Balaban J connectivity index is 1.57. The van der Waals surface area contributed by atoms with Crippen molar-refractivity contribution in [2.45, 2.75) is 6.17 Å². The lowest BCUT2D eigenvalue weighted by Crippen LogP contribution is -2.19. The van der Waals surface area contributed by atoms with Gasteiger partial charge in [0.15, 0.2) is 6.17 Å². The second kappa shape index (κ2) is 5.45. The topological polar surface area (TPSA) is 36.8 Å². The molecule has 106 valence electrons. The van der Waals surface area contributed by atoms with Crippen molar-refractivity contribution in [2.24, 2.45) is 9.98 Å². The highest BCUT2D eigenvalue weighted by Crippen LogP contribution is 2.23. The molecular weight excluding hydrogens is 270 g/mol. The Hall–Kier alpha value is -2.94. The molecule has 1 N–H and O–H groups in total. The van der Waals surface area contributed by atoms with Crippen LogP contribution >= 0.6 is 0 Å². The lowest BCUT2D eigenvalue weighted by molar-refractivity contribution is 0.771. The van der Waals surface area contributed by atoms with Crippen LogP contribution in [0.15, 0.2) is 88.8 Å². The normalized spacial score (nSPS) is 13.1. The molecule has 3 heteroatoms. The lowest BCUT2D eigenvalue weighted by Gasteiger charge is -2.08. The Morgan fingerprint density at radius 1 is 0.591 bits per heavy atom. The first-order valence-electron chi connectivity index (χ1n) is 7.31. The first-order chi connectivity index (χ1) is 10.9. The van der Waals surface area contributed by atoms with Crippen LogP contribution in [0.1, 0.15) is 11.7 Å². The van der Waals surface area contributed by atoms with Crippen LogP contribution in [0, 0.1) is 0 Å². The van der Waals surface area contributed by atoms with Crippen molar-refractivity contribution < 1.29 is 0 Å². The minimum absolute atomic E-state index is 0.122. The van der Waals surface area contributed by atoms with E-state index in [-0.39, 0.29) is 6.17 Å². The van der Waals surface area contributed by atoms with Crippen molar-refractivity contribution in [3.63, 3.8) is 0 Å². The fourth-order valence-electron chi connectivity index (χ4n) is 2.55. The van der Waals surface area contributed by atoms with Gasteiger partial charge in [-0.05, 0) is 42.0 Å². The van der Waals surface area contributed by atoms with E-state index in [0.29, 0.717) is 0 Å². The summed E-state index contributed by atoms with van der Waals surface area (Å²) in [5, 5.41) is 5.32. The first kappa shape index (κ1) is 12.8. The van der Waals surface area contributed by atoms with Crippen LogP contribution in [-0.4, -0.2) is 0 Å². The van der Waals surface area contributed by atoms with E-state index in [1.54, 1.807) is 0 Å². The SMILES string of the molecule is c1ccc(Nc2ccc(C3N=c4ccccc4=N3)cc2)cc1. The molecule has 0 amide bonds. The third kappa shape index (κ3) is 2.49. The van der Waals surface area contributed by atoms with Crippen molar-refractivity contribution in [2.75, 3.05) is 5.32 Å². The van der Waals surface area contributed by atoms with Crippen LogP contribution in [0.5, 0.6) is 0 Å². The predicted octanol–water partition coefficient (Wildman–Crippen LogP) is 3.38. The summed E-state index contributed by atoms with van der Waals surface area (Å²) in [5.41, 5.74) is 3.25. The number of nitrogens with zero attached hydrogens (tertiary/aromatic N) is 2. The van der Waals surface area contributed by atoms with Gasteiger partial charge in [-0.1, -0.05) is 42.5 Å². The molecule has 0 bridgehead atoms. The van der Waals surface area contributed by atoms with Gasteiger partial charge in [-0.2, -0.15) is 0 Å². The first-order valence-corrected chi connectivity index (χ1v) is 7.31. The Kier molecular flexibility index (Phi) is 3.16. The van der Waals surface area contributed by atoms with E-state index in [9.17, 15) is 0 Å². The summed E-state index contributed by atoms with van der Waals surface area (Å²) >= 11 is 0. The van der Waals surface area contributed by atoms with Gasteiger partial charge in [-0.15, -0.1) is 0 Å². The van der Waals surface area contributed by atoms with Gasteiger partial charge in [0, 0.05) is 11.4 Å². The molecule has 1 aliphatic heterocycles. The minimum Gasteiger partial charge on any atom is -0.356 e. The van der Waals surface area contributed by atoms with Crippen LogP contribution in [0.25, 0.3) is 0 Å². The molecule has 3 aromatic rings. The molecule has 0 aromatic heterocycles. The molecule has 0 atom stereocenters. The molecule has 0 radical (unpaired) electrons. The number of fused-ring (bicyclic) bond motifs is 1. The smallest absolute Gasteiger partial charge is 0.166 e. The number of rotatable bonds is 3.